The Hall–Kier alpha value is -0.300. The van der Waals surface area contributed by atoms with Crippen LogP contribution in [0, 0.1) is 0 Å². The fourth-order valence-electron chi connectivity index (χ4n) is 0.673. The van der Waals surface area contributed by atoms with Gasteiger partial charge in [0.2, 0.25) is 20.2 Å². The van der Waals surface area contributed by atoms with Crippen LogP contribution in [0.1, 0.15) is 0 Å². The average Bonchev–Trinajstić information content (AvgIpc) is 1.98. The van der Waals surface area contributed by atoms with Crippen molar-refractivity contribution in [1.29, 1.82) is 0 Å². The van der Waals surface area contributed by atoms with E-state index in [9.17, 15) is 16.5 Å². The summed E-state index contributed by atoms with van der Waals surface area (Å²) in [5, 5.41) is 0. The molecule has 16 heavy (non-hydrogen) atoms. The predicted octanol–water partition coefficient (Wildman–Crippen LogP) is -0.0133. The van der Waals surface area contributed by atoms with Gasteiger partial charge in [-0.25, -0.2) is 17.0 Å². The first-order chi connectivity index (χ1) is 7.01. The Morgan fingerprint density at radius 3 is 1.56 bits per heavy atom. The third-order valence-electron chi connectivity index (χ3n) is 1.52. The Balaban J connectivity index is 3.78. The molecular formula is C4H12FN5O3S3. The van der Waals surface area contributed by atoms with Crippen molar-refractivity contribution in [3.63, 3.8) is 0 Å². The molecule has 0 aromatic rings. The lowest BCUT2D eigenvalue weighted by Crippen LogP contribution is -2.29. The maximum Gasteiger partial charge on any atom is 0.337 e. The topological polar surface area (TPSA) is 94.8 Å². The van der Waals surface area contributed by atoms with Crippen molar-refractivity contribution in [2.45, 2.75) is 0 Å². The zero-order valence-corrected chi connectivity index (χ0v) is 11.5. The maximum absolute atomic E-state index is 13.3. The van der Waals surface area contributed by atoms with E-state index in [0.717, 1.165) is 8.61 Å². The van der Waals surface area contributed by atoms with Crippen LogP contribution in [0.5, 0.6) is 0 Å². The minimum absolute atomic E-state index is 0.948. The zero-order valence-electron chi connectivity index (χ0n) is 9.06. The Morgan fingerprint density at radius 2 is 1.19 bits per heavy atom. The first-order valence-electron chi connectivity index (χ1n) is 3.90. The van der Waals surface area contributed by atoms with Gasteiger partial charge in [0.05, 0.1) is 0 Å². The summed E-state index contributed by atoms with van der Waals surface area (Å²) in [6.07, 6.45) is 0. The van der Waals surface area contributed by atoms with Crippen LogP contribution in [-0.2, 0) is 30.5 Å². The van der Waals surface area contributed by atoms with Crippen LogP contribution in [0.4, 0.5) is 3.89 Å². The molecule has 0 aromatic carbocycles. The molecule has 1 aliphatic heterocycles. The van der Waals surface area contributed by atoms with Gasteiger partial charge in [-0.2, -0.15) is 4.21 Å². The lowest BCUT2D eigenvalue weighted by molar-refractivity contribution is 0.579. The first-order valence-corrected chi connectivity index (χ1v) is 8.13. The van der Waals surface area contributed by atoms with E-state index in [4.69, 9.17) is 0 Å². The largest absolute Gasteiger partial charge is 0.337 e. The summed E-state index contributed by atoms with van der Waals surface area (Å²) in [5.41, 5.74) is 0. The highest BCUT2D eigenvalue weighted by molar-refractivity contribution is 8.11. The third kappa shape index (κ3) is 2.51. The molecule has 0 aliphatic carbocycles. The summed E-state index contributed by atoms with van der Waals surface area (Å²) in [7, 11) is -6.72. The highest BCUT2D eigenvalue weighted by Gasteiger charge is 2.29. The molecule has 1 aliphatic rings. The molecule has 0 saturated heterocycles. The van der Waals surface area contributed by atoms with Gasteiger partial charge in [-0.05, 0) is 0 Å². The molecule has 12 heteroatoms. The van der Waals surface area contributed by atoms with E-state index in [1.54, 1.807) is 0 Å². The molecule has 8 nitrogen and oxygen atoms in total. The van der Waals surface area contributed by atoms with Gasteiger partial charge in [0.25, 0.3) is 0 Å². The highest BCUT2D eigenvalue weighted by Crippen LogP contribution is 2.22. The van der Waals surface area contributed by atoms with Gasteiger partial charge in [-0.1, -0.05) is 11.3 Å². The summed E-state index contributed by atoms with van der Waals surface area (Å²) in [6, 6.07) is 0. The zero-order chi connectivity index (χ0) is 12.8. The Bertz CT molecular complexity index is 622. The van der Waals surface area contributed by atoms with E-state index in [1.807, 2.05) is 0 Å². The van der Waals surface area contributed by atoms with Gasteiger partial charge in [0.15, 0.2) is 0 Å². The molecule has 0 bridgehead atoms. The molecule has 1 rings (SSSR count). The van der Waals surface area contributed by atoms with Crippen LogP contribution < -0.4 is 0 Å². The van der Waals surface area contributed by atoms with Crippen LogP contribution in [0.2, 0.25) is 0 Å². The number of rotatable bonds is 2. The molecule has 0 fully saturated rings. The van der Waals surface area contributed by atoms with Crippen LogP contribution in [0.25, 0.3) is 0 Å². The van der Waals surface area contributed by atoms with Gasteiger partial charge in [0, 0.05) is 28.2 Å². The normalized spacial score (nSPS) is 43.7. The second kappa shape index (κ2) is 3.87. The van der Waals surface area contributed by atoms with Crippen molar-refractivity contribution in [3.8, 4) is 0 Å². The van der Waals surface area contributed by atoms with Crippen LogP contribution >= 0.6 is 0 Å². The van der Waals surface area contributed by atoms with Gasteiger partial charge < -0.3 is 0 Å². The van der Waals surface area contributed by atoms with E-state index >= 15 is 0 Å². The lowest BCUT2D eigenvalue weighted by Gasteiger charge is -2.19. The quantitative estimate of drug-likeness (QED) is 0.670. The van der Waals surface area contributed by atoms with Gasteiger partial charge in [0.1, 0.15) is 0 Å². The summed E-state index contributed by atoms with van der Waals surface area (Å²) in [6.45, 7) is 0. The Morgan fingerprint density at radius 1 is 0.812 bits per heavy atom. The van der Waals surface area contributed by atoms with Crippen LogP contribution in [0.15, 0.2) is 11.3 Å². The van der Waals surface area contributed by atoms with E-state index in [2.05, 4.69) is 11.3 Å². The van der Waals surface area contributed by atoms with Crippen molar-refractivity contribution in [2.24, 2.45) is 11.3 Å². The SMILES string of the molecule is CN(C)S1(=O)=NS(=O)(F)=NS(=O)(N(C)C)=N1. The average molecular weight is 293 g/mol. The van der Waals surface area contributed by atoms with E-state index < -0.39 is 30.5 Å². The van der Waals surface area contributed by atoms with Gasteiger partial charge in [-0.15, -0.1) is 3.89 Å². The standard InChI is InChI=1S/C4H12FN5O3S3/c1-9(2)15(12)6-14(5,11)7-16(13,8-15)10(3)4/h1-4H3. The van der Waals surface area contributed by atoms with Crippen molar-refractivity contribution in [1.82, 2.24) is 8.61 Å². The minimum atomic E-state index is -4.62. The molecule has 3 atom stereocenters. The molecule has 0 N–H and O–H groups in total. The molecule has 0 spiro atoms. The van der Waals surface area contributed by atoms with Crippen molar-refractivity contribution < 1.29 is 16.5 Å². The molecular weight excluding hydrogens is 281 g/mol. The predicted molar refractivity (Wildman–Crippen MR) is 60.2 cm³/mol. The fourth-order valence-corrected chi connectivity index (χ4v) is 6.80. The maximum atomic E-state index is 13.3. The summed E-state index contributed by atoms with van der Waals surface area (Å²) in [5.74, 6) is 0. The van der Waals surface area contributed by atoms with Gasteiger partial charge in [-0.3, -0.25) is 0 Å². The minimum Gasteiger partial charge on any atom is -0.207 e. The second-order valence-electron chi connectivity index (χ2n) is 3.22. The smallest absolute Gasteiger partial charge is 0.207 e. The third-order valence-corrected chi connectivity index (χ3v) is 8.00. The second-order valence-corrected chi connectivity index (χ2v) is 9.20. The number of nitrogens with zero attached hydrogens (tertiary/aromatic N) is 5. The Labute approximate surface area is 95.3 Å². The Kier molecular flexibility index (Phi) is 3.33. The summed E-state index contributed by atoms with van der Waals surface area (Å²) in [4.78, 5) is 0. The molecule has 1 heterocycles. The molecule has 0 aromatic heterocycles. The van der Waals surface area contributed by atoms with Crippen molar-refractivity contribution in [3.05, 3.63) is 0 Å². The van der Waals surface area contributed by atoms with Crippen molar-refractivity contribution >= 4 is 30.5 Å². The van der Waals surface area contributed by atoms with E-state index in [0.29, 0.717) is 0 Å². The lowest BCUT2D eigenvalue weighted by atomic mass is 11.3. The molecule has 96 valence electrons. The number of halogens is 1. The van der Waals surface area contributed by atoms with Crippen molar-refractivity contribution in [2.75, 3.05) is 28.2 Å². The van der Waals surface area contributed by atoms with Gasteiger partial charge >= 0.3 is 10.3 Å². The molecule has 0 saturated carbocycles. The number of hydrogen-bond acceptors (Lipinski definition) is 3. The first kappa shape index (κ1) is 13.8. The molecule has 0 amide bonds. The fraction of sp³-hybridized carbons (Fsp3) is 1.00. The van der Waals surface area contributed by atoms with Crippen LogP contribution in [0.3, 0.4) is 0 Å². The summed E-state index contributed by atoms with van der Waals surface area (Å²) >= 11 is 0. The van der Waals surface area contributed by atoms with E-state index in [-0.39, 0.29) is 0 Å². The number of hydrogen-bond donors (Lipinski definition) is 0. The highest BCUT2D eigenvalue weighted by atomic mass is 32.3. The van der Waals surface area contributed by atoms with E-state index in [1.165, 1.54) is 28.2 Å². The summed E-state index contributed by atoms with van der Waals surface area (Å²) < 4.78 is 59.5. The monoisotopic (exact) mass is 293 g/mol. The molecule has 0 radical (unpaired) electrons. The molecule has 3 unspecified atom stereocenters. The van der Waals surface area contributed by atoms with Crippen LogP contribution in [-0.4, -0.2) is 49.4 Å².